The van der Waals surface area contributed by atoms with Crippen LogP contribution in [-0.2, 0) is 4.79 Å². The Hall–Kier alpha value is -2.78. The zero-order valence-corrected chi connectivity index (χ0v) is 16.8. The summed E-state index contributed by atoms with van der Waals surface area (Å²) in [7, 11) is 0. The van der Waals surface area contributed by atoms with Crippen LogP contribution < -0.4 is 10.6 Å². The van der Waals surface area contributed by atoms with Crippen LogP contribution in [-0.4, -0.2) is 66.3 Å². The molecule has 30 heavy (non-hydrogen) atoms. The molecule has 9 heteroatoms. The van der Waals surface area contributed by atoms with Gasteiger partial charge < -0.3 is 25.2 Å². The molecule has 0 atom stereocenters. The minimum Gasteiger partial charge on any atom is -0.395 e. The molecule has 1 fully saturated rings. The van der Waals surface area contributed by atoms with Crippen molar-refractivity contribution in [3.05, 3.63) is 41.8 Å². The van der Waals surface area contributed by atoms with Crippen molar-refractivity contribution in [2.45, 2.75) is 19.3 Å². The molecule has 0 spiro atoms. The van der Waals surface area contributed by atoms with E-state index in [2.05, 4.69) is 20.7 Å². The molecule has 0 unspecified atom stereocenters. The number of aliphatic hydroxyl groups is 1. The van der Waals surface area contributed by atoms with Crippen molar-refractivity contribution in [1.29, 1.82) is 0 Å². The Labute approximate surface area is 174 Å². The Balaban J connectivity index is 1.26. The zero-order chi connectivity index (χ0) is 21.3. The van der Waals surface area contributed by atoms with Crippen LogP contribution in [0.5, 0.6) is 0 Å². The molecule has 1 aromatic heterocycles. The summed E-state index contributed by atoms with van der Waals surface area (Å²) in [6.07, 6.45) is 2.82. The minimum absolute atomic E-state index is 0.0125. The van der Waals surface area contributed by atoms with Crippen LogP contribution in [0.1, 0.15) is 29.8 Å². The fourth-order valence-electron chi connectivity index (χ4n) is 3.30. The lowest BCUT2D eigenvalue weighted by Crippen LogP contribution is -2.53. The lowest BCUT2D eigenvalue weighted by molar-refractivity contribution is -0.130. The van der Waals surface area contributed by atoms with E-state index < -0.39 is 0 Å². The highest BCUT2D eigenvalue weighted by molar-refractivity contribution is 5.93. The molecule has 1 aliphatic heterocycles. The third-order valence-corrected chi connectivity index (χ3v) is 5.05. The molecule has 2 heterocycles. The average molecular weight is 418 g/mol. The molecular formula is C21H27FN4O4. The van der Waals surface area contributed by atoms with Gasteiger partial charge in [0.05, 0.1) is 12.5 Å². The highest BCUT2D eigenvalue weighted by Gasteiger charge is 2.31. The van der Waals surface area contributed by atoms with Crippen molar-refractivity contribution in [2.75, 3.05) is 39.3 Å². The Morgan fingerprint density at radius 3 is 2.63 bits per heavy atom. The van der Waals surface area contributed by atoms with E-state index in [1.807, 2.05) is 0 Å². The van der Waals surface area contributed by atoms with Crippen LogP contribution in [0.25, 0.3) is 11.3 Å². The molecule has 1 aliphatic rings. The number of aromatic nitrogens is 1. The number of hydrogen-bond donors (Lipinski definition) is 3. The van der Waals surface area contributed by atoms with Crippen molar-refractivity contribution in [3.8, 4) is 11.3 Å². The van der Waals surface area contributed by atoms with Gasteiger partial charge in [-0.25, -0.2) is 4.39 Å². The van der Waals surface area contributed by atoms with Gasteiger partial charge in [-0.05, 0) is 43.7 Å². The van der Waals surface area contributed by atoms with Gasteiger partial charge in [0.2, 0.25) is 5.91 Å². The Kier molecular flexibility index (Phi) is 7.92. The number of rotatable bonds is 11. The summed E-state index contributed by atoms with van der Waals surface area (Å²) in [4.78, 5) is 26.1. The predicted molar refractivity (Wildman–Crippen MR) is 108 cm³/mol. The first-order valence-corrected chi connectivity index (χ1v) is 10.2. The van der Waals surface area contributed by atoms with Crippen molar-refractivity contribution < 1.29 is 23.6 Å². The van der Waals surface area contributed by atoms with Gasteiger partial charge >= 0.3 is 0 Å². The molecule has 0 radical (unpaired) electrons. The Bertz CT molecular complexity index is 834. The topological polar surface area (TPSA) is 108 Å². The first-order valence-electron chi connectivity index (χ1n) is 10.2. The van der Waals surface area contributed by atoms with Gasteiger partial charge in [0.15, 0.2) is 11.5 Å². The standard InChI is InChI=1S/C21H27FN4O4/c22-17-6-4-15(5-7-17)19-12-18(25-30-19)21(29)23-8-2-1-3-10-26-13-16(14-26)20(28)24-9-11-27/h4-7,12,16,27H,1-3,8-11,13-14H2,(H,23,29)(H,24,28). The summed E-state index contributed by atoms with van der Waals surface area (Å²) in [6, 6.07) is 7.33. The van der Waals surface area contributed by atoms with E-state index in [0.29, 0.717) is 24.4 Å². The van der Waals surface area contributed by atoms with Gasteiger partial charge in [-0.15, -0.1) is 0 Å². The summed E-state index contributed by atoms with van der Waals surface area (Å²) in [5.74, 6) is -0.185. The molecule has 3 rings (SSSR count). The van der Waals surface area contributed by atoms with Gasteiger partial charge in [-0.3, -0.25) is 9.59 Å². The number of carbonyl (C=O) groups excluding carboxylic acids is 2. The second kappa shape index (κ2) is 10.8. The average Bonchev–Trinajstić information content (AvgIpc) is 3.20. The van der Waals surface area contributed by atoms with Gasteiger partial charge in [0.1, 0.15) is 5.82 Å². The molecular weight excluding hydrogens is 391 g/mol. The van der Waals surface area contributed by atoms with E-state index in [1.165, 1.54) is 12.1 Å². The first-order chi connectivity index (χ1) is 14.6. The number of carbonyl (C=O) groups is 2. The fourth-order valence-corrected chi connectivity index (χ4v) is 3.30. The summed E-state index contributed by atoms with van der Waals surface area (Å²) in [6.45, 7) is 3.27. The number of nitrogens with one attached hydrogen (secondary N) is 2. The summed E-state index contributed by atoms with van der Waals surface area (Å²) in [5, 5.41) is 18.0. The smallest absolute Gasteiger partial charge is 0.273 e. The van der Waals surface area contributed by atoms with E-state index in [4.69, 9.17) is 9.63 Å². The highest BCUT2D eigenvalue weighted by Crippen LogP contribution is 2.20. The van der Waals surface area contributed by atoms with Gasteiger partial charge in [-0.1, -0.05) is 11.6 Å². The number of nitrogens with zero attached hydrogens (tertiary/aromatic N) is 2. The largest absolute Gasteiger partial charge is 0.395 e. The van der Waals surface area contributed by atoms with Crippen LogP contribution >= 0.6 is 0 Å². The third kappa shape index (κ3) is 6.11. The number of hydrogen-bond acceptors (Lipinski definition) is 6. The van der Waals surface area contributed by atoms with Crippen molar-refractivity contribution in [2.24, 2.45) is 5.92 Å². The van der Waals surface area contributed by atoms with Gasteiger partial charge in [-0.2, -0.15) is 0 Å². The van der Waals surface area contributed by atoms with Gasteiger partial charge in [0, 0.05) is 37.8 Å². The number of aliphatic hydroxyl groups excluding tert-OH is 1. The number of benzene rings is 1. The lowest BCUT2D eigenvalue weighted by atomic mass is 9.98. The zero-order valence-electron chi connectivity index (χ0n) is 16.8. The maximum Gasteiger partial charge on any atom is 0.273 e. The molecule has 2 aromatic rings. The van der Waals surface area contributed by atoms with Crippen molar-refractivity contribution >= 4 is 11.8 Å². The van der Waals surface area contributed by atoms with Crippen molar-refractivity contribution in [3.63, 3.8) is 0 Å². The normalized spacial score (nSPS) is 14.3. The molecule has 8 nitrogen and oxygen atoms in total. The first kappa shape index (κ1) is 21.9. The van der Waals surface area contributed by atoms with E-state index >= 15 is 0 Å². The quantitative estimate of drug-likeness (QED) is 0.477. The van der Waals surface area contributed by atoms with Crippen LogP contribution in [0.15, 0.2) is 34.9 Å². The molecule has 3 N–H and O–H groups in total. The molecule has 0 saturated carbocycles. The molecule has 2 amide bonds. The number of unbranched alkanes of at least 4 members (excludes halogenated alkanes) is 2. The number of halogens is 1. The number of likely N-dealkylation sites (tertiary alicyclic amines) is 1. The summed E-state index contributed by atoms with van der Waals surface area (Å²) < 4.78 is 18.2. The van der Waals surface area contributed by atoms with Crippen LogP contribution in [0.3, 0.4) is 0 Å². The monoisotopic (exact) mass is 418 g/mol. The summed E-state index contributed by atoms with van der Waals surface area (Å²) >= 11 is 0. The molecule has 0 aliphatic carbocycles. The summed E-state index contributed by atoms with van der Waals surface area (Å²) in [5.41, 5.74) is 0.850. The third-order valence-electron chi connectivity index (χ3n) is 5.05. The maximum absolute atomic E-state index is 13.0. The molecule has 0 bridgehead atoms. The second-order valence-corrected chi connectivity index (χ2v) is 7.37. The van der Waals surface area contributed by atoms with E-state index in [-0.39, 0.29) is 35.9 Å². The SMILES string of the molecule is O=C(NCCCCCN1CC(C(=O)NCCO)C1)c1cc(-c2ccc(F)cc2)on1. The van der Waals surface area contributed by atoms with Crippen LogP contribution in [0, 0.1) is 11.7 Å². The molecule has 1 saturated heterocycles. The molecule has 1 aromatic carbocycles. The maximum atomic E-state index is 13.0. The van der Waals surface area contributed by atoms with E-state index in [0.717, 1.165) is 38.9 Å². The Morgan fingerprint density at radius 2 is 1.90 bits per heavy atom. The highest BCUT2D eigenvalue weighted by atomic mass is 19.1. The van der Waals surface area contributed by atoms with Crippen LogP contribution in [0.2, 0.25) is 0 Å². The van der Waals surface area contributed by atoms with Crippen molar-refractivity contribution in [1.82, 2.24) is 20.7 Å². The van der Waals surface area contributed by atoms with E-state index in [9.17, 15) is 14.0 Å². The number of amides is 2. The van der Waals surface area contributed by atoms with Crippen LogP contribution in [0.4, 0.5) is 4.39 Å². The fraction of sp³-hybridized carbons (Fsp3) is 0.476. The Morgan fingerprint density at radius 1 is 1.13 bits per heavy atom. The molecule has 162 valence electrons. The predicted octanol–water partition coefficient (Wildman–Crippen LogP) is 1.42. The van der Waals surface area contributed by atoms with Gasteiger partial charge in [0.25, 0.3) is 5.91 Å². The lowest BCUT2D eigenvalue weighted by Gasteiger charge is -2.38. The van der Waals surface area contributed by atoms with E-state index in [1.54, 1.807) is 18.2 Å². The second-order valence-electron chi connectivity index (χ2n) is 7.37. The minimum atomic E-state index is -0.339.